The van der Waals surface area contributed by atoms with Crippen LogP contribution in [0.25, 0.3) is 0 Å². The smallest absolute Gasteiger partial charge is 0.328 e. The van der Waals surface area contributed by atoms with Crippen LogP contribution in [0.2, 0.25) is 0 Å². The van der Waals surface area contributed by atoms with Crippen molar-refractivity contribution in [3.8, 4) is 0 Å². The maximum atomic E-state index is 12.3. The van der Waals surface area contributed by atoms with E-state index in [1.165, 1.54) is 7.11 Å². The average Bonchev–Trinajstić information content (AvgIpc) is 2.67. The van der Waals surface area contributed by atoms with E-state index in [1.807, 2.05) is 34.6 Å². The third-order valence-electron chi connectivity index (χ3n) is 4.08. The van der Waals surface area contributed by atoms with Gasteiger partial charge in [-0.1, -0.05) is 20.8 Å². The number of rotatable bonds is 6. The first-order chi connectivity index (χ1) is 10.8. The molecule has 3 unspecified atom stereocenters. The Morgan fingerprint density at radius 3 is 2.42 bits per heavy atom. The Balaban J connectivity index is 2.75. The Morgan fingerprint density at radius 2 is 2.00 bits per heavy atom. The van der Waals surface area contributed by atoms with Crippen LogP contribution >= 0.6 is 0 Å². The molecule has 4 N–H and O–H groups in total. The van der Waals surface area contributed by atoms with Crippen molar-refractivity contribution in [2.24, 2.45) is 17.1 Å². The zero-order valence-corrected chi connectivity index (χ0v) is 15.6. The van der Waals surface area contributed by atoms with Crippen molar-refractivity contribution >= 4 is 17.8 Å². The highest BCUT2D eigenvalue weighted by Gasteiger charge is 2.40. The average molecular weight is 341 g/mol. The van der Waals surface area contributed by atoms with Gasteiger partial charge in [0.2, 0.25) is 11.8 Å². The lowest BCUT2D eigenvalue weighted by Crippen LogP contribution is -2.50. The Morgan fingerprint density at radius 1 is 1.42 bits per heavy atom. The fourth-order valence-corrected chi connectivity index (χ4v) is 3.06. The predicted molar refractivity (Wildman–Crippen MR) is 90.9 cm³/mol. The van der Waals surface area contributed by atoms with Gasteiger partial charge in [-0.2, -0.15) is 0 Å². The second kappa shape index (κ2) is 7.51. The maximum absolute atomic E-state index is 12.3. The second-order valence-corrected chi connectivity index (χ2v) is 8.47. The molecule has 1 rings (SSSR count). The molecule has 0 aromatic carbocycles. The molecule has 7 heteroatoms. The number of esters is 1. The number of hydrogen-bond donors (Lipinski definition) is 3. The van der Waals surface area contributed by atoms with Crippen LogP contribution in [0, 0.1) is 11.3 Å². The van der Waals surface area contributed by atoms with E-state index in [0.29, 0.717) is 12.8 Å². The number of carbonyl (C=O) groups is 3. The summed E-state index contributed by atoms with van der Waals surface area (Å²) in [6.07, 6.45) is 1.29. The summed E-state index contributed by atoms with van der Waals surface area (Å²) in [4.78, 5) is 36.3. The van der Waals surface area contributed by atoms with E-state index >= 15 is 0 Å². The molecule has 1 saturated heterocycles. The van der Waals surface area contributed by atoms with Crippen LogP contribution in [0.1, 0.15) is 53.9 Å². The molecule has 7 nitrogen and oxygen atoms in total. The predicted octanol–water partition coefficient (Wildman–Crippen LogP) is 0.713. The van der Waals surface area contributed by atoms with Gasteiger partial charge in [-0.25, -0.2) is 4.79 Å². The van der Waals surface area contributed by atoms with E-state index in [2.05, 4.69) is 10.6 Å². The minimum Gasteiger partial charge on any atom is -0.467 e. The monoisotopic (exact) mass is 341 g/mol. The second-order valence-electron chi connectivity index (χ2n) is 8.47. The molecule has 24 heavy (non-hydrogen) atoms. The Bertz CT molecular complexity index is 497. The molecule has 0 aromatic rings. The number of methoxy groups -OCH3 is 1. The van der Waals surface area contributed by atoms with Crippen molar-refractivity contribution in [3.05, 3.63) is 0 Å². The molecule has 2 amide bonds. The van der Waals surface area contributed by atoms with Gasteiger partial charge in [0.1, 0.15) is 6.04 Å². The molecular formula is C17H31N3O4. The highest BCUT2D eigenvalue weighted by atomic mass is 16.5. The molecule has 0 aliphatic carbocycles. The van der Waals surface area contributed by atoms with Gasteiger partial charge in [-0.3, -0.25) is 9.59 Å². The van der Waals surface area contributed by atoms with E-state index in [4.69, 9.17) is 10.5 Å². The van der Waals surface area contributed by atoms with Crippen molar-refractivity contribution in [2.45, 2.75) is 71.5 Å². The van der Waals surface area contributed by atoms with Gasteiger partial charge in [0.25, 0.3) is 0 Å². The standard InChI is InChI=1S/C17H31N3O4/c1-16(2,3)9-11(18)14(22)19-12(15(23)24-6)7-10-8-17(4,5)20-13(10)21/h10-12H,7-9,18H2,1-6H3,(H,19,22)(H,20,21). The van der Waals surface area contributed by atoms with Crippen LogP contribution in [0.3, 0.4) is 0 Å². The van der Waals surface area contributed by atoms with Crippen LogP contribution in [-0.2, 0) is 19.1 Å². The fourth-order valence-electron chi connectivity index (χ4n) is 3.06. The molecule has 0 aromatic heterocycles. The number of carbonyl (C=O) groups excluding carboxylic acids is 3. The molecule has 0 spiro atoms. The quantitative estimate of drug-likeness (QED) is 0.616. The number of nitrogens with two attached hydrogens (primary N) is 1. The van der Waals surface area contributed by atoms with Crippen LogP contribution < -0.4 is 16.4 Å². The zero-order chi connectivity index (χ0) is 18.7. The summed E-state index contributed by atoms with van der Waals surface area (Å²) in [5.41, 5.74) is 5.51. The Labute approximate surface area is 144 Å². The van der Waals surface area contributed by atoms with Gasteiger partial charge in [-0.15, -0.1) is 0 Å². The SMILES string of the molecule is COC(=O)C(CC1CC(C)(C)NC1=O)NC(=O)C(N)CC(C)(C)C. The van der Waals surface area contributed by atoms with E-state index in [0.717, 1.165) is 0 Å². The first kappa shape index (κ1) is 20.4. The van der Waals surface area contributed by atoms with Crippen LogP contribution in [0.5, 0.6) is 0 Å². The van der Waals surface area contributed by atoms with Gasteiger partial charge in [0.15, 0.2) is 0 Å². The molecule has 1 heterocycles. The van der Waals surface area contributed by atoms with Gasteiger partial charge < -0.3 is 21.1 Å². The fraction of sp³-hybridized carbons (Fsp3) is 0.824. The molecule has 3 atom stereocenters. The van der Waals surface area contributed by atoms with E-state index in [-0.39, 0.29) is 29.2 Å². The van der Waals surface area contributed by atoms with Crippen molar-refractivity contribution in [3.63, 3.8) is 0 Å². The lowest BCUT2D eigenvalue weighted by molar-refractivity contribution is -0.146. The highest BCUT2D eigenvalue weighted by molar-refractivity contribution is 5.88. The van der Waals surface area contributed by atoms with Gasteiger partial charge in [0, 0.05) is 11.5 Å². The molecule has 1 aliphatic heterocycles. The molecule has 0 radical (unpaired) electrons. The summed E-state index contributed by atoms with van der Waals surface area (Å²) >= 11 is 0. The number of ether oxygens (including phenoxy) is 1. The Kier molecular flexibility index (Phi) is 6.38. The molecule has 1 aliphatic rings. The summed E-state index contributed by atoms with van der Waals surface area (Å²) < 4.78 is 4.77. The summed E-state index contributed by atoms with van der Waals surface area (Å²) in [6.45, 7) is 9.82. The van der Waals surface area contributed by atoms with Gasteiger partial charge >= 0.3 is 5.97 Å². The molecule has 1 fully saturated rings. The van der Waals surface area contributed by atoms with Gasteiger partial charge in [-0.05, 0) is 38.5 Å². The van der Waals surface area contributed by atoms with Crippen molar-refractivity contribution in [1.82, 2.24) is 10.6 Å². The Hall–Kier alpha value is -1.63. The van der Waals surface area contributed by atoms with Crippen molar-refractivity contribution in [2.75, 3.05) is 7.11 Å². The normalized spacial score (nSPS) is 22.5. The van der Waals surface area contributed by atoms with Crippen LogP contribution in [0.15, 0.2) is 0 Å². The van der Waals surface area contributed by atoms with Crippen LogP contribution in [0.4, 0.5) is 0 Å². The van der Waals surface area contributed by atoms with Crippen LogP contribution in [-0.4, -0.2) is 42.5 Å². The minimum absolute atomic E-state index is 0.104. The van der Waals surface area contributed by atoms with Crippen molar-refractivity contribution < 1.29 is 19.1 Å². The summed E-state index contributed by atoms with van der Waals surface area (Å²) in [7, 11) is 1.26. The van der Waals surface area contributed by atoms with Crippen molar-refractivity contribution in [1.29, 1.82) is 0 Å². The summed E-state index contributed by atoms with van der Waals surface area (Å²) in [5.74, 6) is -1.42. The maximum Gasteiger partial charge on any atom is 0.328 e. The number of hydrogen-bond acceptors (Lipinski definition) is 5. The third-order valence-corrected chi connectivity index (χ3v) is 4.08. The summed E-state index contributed by atoms with van der Waals surface area (Å²) in [5, 5.41) is 5.53. The topological polar surface area (TPSA) is 111 Å². The van der Waals surface area contributed by atoms with E-state index in [1.54, 1.807) is 0 Å². The van der Waals surface area contributed by atoms with E-state index < -0.39 is 24.0 Å². The molecular weight excluding hydrogens is 310 g/mol. The highest BCUT2D eigenvalue weighted by Crippen LogP contribution is 2.28. The lowest BCUT2D eigenvalue weighted by atomic mass is 9.87. The van der Waals surface area contributed by atoms with E-state index in [9.17, 15) is 14.4 Å². The molecule has 138 valence electrons. The largest absolute Gasteiger partial charge is 0.467 e. The molecule has 0 bridgehead atoms. The third kappa shape index (κ3) is 6.11. The number of nitrogens with one attached hydrogen (secondary N) is 2. The number of amides is 2. The minimum atomic E-state index is -0.877. The van der Waals surface area contributed by atoms with Gasteiger partial charge in [0.05, 0.1) is 13.2 Å². The summed E-state index contributed by atoms with van der Waals surface area (Å²) in [6, 6.07) is -1.59. The lowest BCUT2D eigenvalue weighted by Gasteiger charge is -2.25. The molecule has 0 saturated carbocycles. The first-order valence-corrected chi connectivity index (χ1v) is 8.30. The zero-order valence-electron chi connectivity index (χ0n) is 15.6. The first-order valence-electron chi connectivity index (χ1n) is 8.30.